The van der Waals surface area contributed by atoms with Gasteiger partial charge in [0.1, 0.15) is 5.75 Å². The Balaban J connectivity index is 1.68. The molecule has 3 aromatic rings. The SMILES string of the molecule is C[C@H](Cc1c[nH]c2c(OC(C)(C)C(=O)N(C)C)cccc12)NC[C@@H](O)c1cccnc1. The maximum atomic E-state index is 12.4. The molecule has 2 atom stereocenters. The Hall–Kier alpha value is -2.90. The minimum absolute atomic E-state index is 0.0960. The number of nitrogens with one attached hydrogen (secondary N) is 2. The average molecular weight is 425 g/mol. The van der Waals surface area contributed by atoms with Crippen LogP contribution in [-0.4, -0.2) is 58.2 Å². The first-order valence-electron chi connectivity index (χ1n) is 10.5. The van der Waals surface area contributed by atoms with Crippen molar-refractivity contribution in [3.63, 3.8) is 0 Å². The van der Waals surface area contributed by atoms with Gasteiger partial charge in [0.2, 0.25) is 0 Å². The van der Waals surface area contributed by atoms with E-state index in [0.29, 0.717) is 12.3 Å². The smallest absolute Gasteiger partial charge is 0.265 e. The predicted molar refractivity (Wildman–Crippen MR) is 122 cm³/mol. The summed E-state index contributed by atoms with van der Waals surface area (Å²) in [5.74, 6) is 0.554. The van der Waals surface area contributed by atoms with Crippen LogP contribution in [0.5, 0.6) is 5.75 Å². The molecule has 31 heavy (non-hydrogen) atoms. The van der Waals surface area contributed by atoms with Gasteiger partial charge < -0.3 is 25.0 Å². The molecule has 0 saturated heterocycles. The molecule has 0 aliphatic heterocycles. The van der Waals surface area contributed by atoms with Crippen molar-refractivity contribution in [2.75, 3.05) is 20.6 Å². The van der Waals surface area contributed by atoms with Crippen molar-refractivity contribution in [3.05, 3.63) is 60.0 Å². The second-order valence-corrected chi connectivity index (χ2v) is 8.62. The number of rotatable bonds is 9. The second-order valence-electron chi connectivity index (χ2n) is 8.62. The molecule has 3 N–H and O–H groups in total. The molecule has 3 rings (SSSR count). The van der Waals surface area contributed by atoms with E-state index in [1.54, 1.807) is 40.3 Å². The van der Waals surface area contributed by atoms with Crippen molar-refractivity contribution >= 4 is 16.8 Å². The molecule has 0 radical (unpaired) electrons. The molecule has 1 aromatic carbocycles. The molecule has 7 nitrogen and oxygen atoms in total. The Kier molecular flexibility index (Phi) is 6.97. The van der Waals surface area contributed by atoms with Crippen molar-refractivity contribution in [2.24, 2.45) is 0 Å². The van der Waals surface area contributed by atoms with Gasteiger partial charge >= 0.3 is 0 Å². The maximum Gasteiger partial charge on any atom is 0.265 e. The van der Waals surface area contributed by atoms with Gasteiger partial charge in [-0.1, -0.05) is 18.2 Å². The van der Waals surface area contributed by atoms with Crippen LogP contribution < -0.4 is 10.1 Å². The minimum atomic E-state index is -0.972. The number of pyridine rings is 1. The third kappa shape index (κ3) is 5.42. The number of amides is 1. The zero-order chi connectivity index (χ0) is 22.6. The summed E-state index contributed by atoms with van der Waals surface area (Å²) in [6, 6.07) is 9.71. The zero-order valence-corrected chi connectivity index (χ0v) is 18.8. The number of benzene rings is 1. The Morgan fingerprint density at radius 3 is 2.74 bits per heavy atom. The van der Waals surface area contributed by atoms with Gasteiger partial charge in [-0.05, 0) is 44.9 Å². The highest BCUT2D eigenvalue weighted by molar-refractivity contribution is 5.90. The molecule has 0 spiro atoms. The lowest BCUT2D eigenvalue weighted by Gasteiger charge is -2.28. The van der Waals surface area contributed by atoms with E-state index in [1.165, 1.54) is 4.90 Å². The quantitative estimate of drug-likeness (QED) is 0.491. The van der Waals surface area contributed by atoms with Crippen molar-refractivity contribution in [1.82, 2.24) is 20.2 Å². The van der Waals surface area contributed by atoms with Crippen LogP contribution in [0, 0.1) is 0 Å². The third-order valence-electron chi connectivity index (χ3n) is 5.30. The molecule has 7 heteroatoms. The number of para-hydroxylation sites is 1. The number of fused-ring (bicyclic) bond motifs is 1. The number of aromatic nitrogens is 2. The Morgan fingerprint density at radius 1 is 1.29 bits per heavy atom. The summed E-state index contributed by atoms with van der Waals surface area (Å²) in [5, 5.41) is 14.8. The maximum absolute atomic E-state index is 12.4. The number of aromatic amines is 1. The zero-order valence-electron chi connectivity index (χ0n) is 18.8. The van der Waals surface area contributed by atoms with Crippen LogP contribution in [0.3, 0.4) is 0 Å². The summed E-state index contributed by atoms with van der Waals surface area (Å²) in [6.07, 6.45) is 5.53. The van der Waals surface area contributed by atoms with Crippen molar-refractivity contribution in [2.45, 2.75) is 44.9 Å². The van der Waals surface area contributed by atoms with Gasteiger partial charge in [0.15, 0.2) is 5.60 Å². The Bertz CT molecular complexity index is 1010. The van der Waals surface area contributed by atoms with E-state index >= 15 is 0 Å². The summed E-state index contributed by atoms with van der Waals surface area (Å²) in [7, 11) is 3.45. The lowest BCUT2D eigenvalue weighted by molar-refractivity contribution is -0.142. The Morgan fingerprint density at radius 2 is 2.06 bits per heavy atom. The first-order chi connectivity index (χ1) is 14.7. The molecular formula is C24H32N4O3. The highest BCUT2D eigenvalue weighted by Gasteiger charge is 2.32. The molecule has 0 aliphatic carbocycles. The first-order valence-corrected chi connectivity index (χ1v) is 10.5. The molecule has 2 aromatic heterocycles. The molecule has 0 aliphatic rings. The number of ether oxygens (including phenoxy) is 1. The second kappa shape index (κ2) is 9.49. The van der Waals surface area contributed by atoms with Gasteiger partial charge in [-0.25, -0.2) is 0 Å². The van der Waals surface area contributed by atoms with E-state index in [4.69, 9.17) is 4.74 Å². The number of aliphatic hydroxyl groups is 1. The molecular weight excluding hydrogens is 392 g/mol. The van der Waals surface area contributed by atoms with E-state index in [-0.39, 0.29) is 11.9 Å². The summed E-state index contributed by atoms with van der Waals surface area (Å²) >= 11 is 0. The predicted octanol–water partition coefficient (Wildman–Crippen LogP) is 3.06. The summed E-state index contributed by atoms with van der Waals surface area (Å²) in [5.41, 5.74) is 1.85. The summed E-state index contributed by atoms with van der Waals surface area (Å²) in [4.78, 5) is 21.3. The van der Waals surface area contributed by atoms with Gasteiger partial charge in [0.25, 0.3) is 5.91 Å². The van der Waals surface area contributed by atoms with Crippen LogP contribution in [0.25, 0.3) is 10.9 Å². The average Bonchev–Trinajstić information content (AvgIpc) is 3.15. The number of hydrogen-bond donors (Lipinski definition) is 3. The summed E-state index contributed by atoms with van der Waals surface area (Å²) in [6.45, 7) is 6.09. The van der Waals surface area contributed by atoms with Crippen LogP contribution in [-0.2, 0) is 11.2 Å². The number of H-pyrrole nitrogens is 1. The van der Waals surface area contributed by atoms with Gasteiger partial charge in [-0.2, -0.15) is 0 Å². The molecule has 2 heterocycles. The van der Waals surface area contributed by atoms with E-state index in [9.17, 15) is 9.90 Å². The Labute approximate surface area is 183 Å². The standard InChI is InChI=1S/C24H32N4O3/c1-16(26-15-20(29)17-8-7-11-25-13-17)12-18-14-27-22-19(18)9-6-10-21(22)31-24(2,3)23(30)28(4)5/h6-11,13-14,16,20,26-27,29H,12,15H2,1-5H3/t16-,20-/m1/s1. The molecule has 1 amide bonds. The molecule has 0 unspecified atom stereocenters. The van der Waals surface area contributed by atoms with Gasteiger partial charge in [-0.15, -0.1) is 0 Å². The van der Waals surface area contributed by atoms with Gasteiger partial charge in [0.05, 0.1) is 11.6 Å². The number of carbonyl (C=O) groups is 1. The summed E-state index contributed by atoms with van der Waals surface area (Å²) < 4.78 is 6.11. The fourth-order valence-electron chi connectivity index (χ4n) is 3.70. The van der Waals surface area contributed by atoms with E-state index in [0.717, 1.165) is 28.5 Å². The van der Waals surface area contributed by atoms with Crippen LogP contribution in [0.15, 0.2) is 48.9 Å². The van der Waals surface area contributed by atoms with E-state index in [1.807, 2.05) is 36.5 Å². The molecule has 166 valence electrons. The number of likely N-dealkylation sites (N-methyl/N-ethyl adjacent to an activating group) is 1. The monoisotopic (exact) mass is 424 g/mol. The highest BCUT2D eigenvalue weighted by atomic mass is 16.5. The fourth-order valence-corrected chi connectivity index (χ4v) is 3.70. The van der Waals surface area contributed by atoms with Crippen LogP contribution in [0.4, 0.5) is 0 Å². The van der Waals surface area contributed by atoms with E-state index < -0.39 is 11.7 Å². The van der Waals surface area contributed by atoms with Crippen molar-refractivity contribution in [1.29, 1.82) is 0 Å². The molecule has 0 saturated carbocycles. The van der Waals surface area contributed by atoms with Gasteiger partial charge in [-0.3, -0.25) is 9.78 Å². The minimum Gasteiger partial charge on any atom is -0.476 e. The lowest BCUT2D eigenvalue weighted by atomic mass is 10.0. The highest BCUT2D eigenvalue weighted by Crippen LogP contribution is 2.31. The molecule has 0 fully saturated rings. The fraction of sp³-hybridized carbons (Fsp3) is 0.417. The number of carbonyl (C=O) groups excluding carboxylic acids is 1. The largest absolute Gasteiger partial charge is 0.476 e. The lowest BCUT2D eigenvalue weighted by Crippen LogP contribution is -2.45. The van der Waals surface area contributed by atoms with E-state index in [2.05, 4.69) is 22.2 Å². The van der Waals surface area contributed by atoms with Gasteiger partial charge in [0, 0.05) is 56.2 Å². The normalized spacial score (nSPS) is 13.7. The number of nitrogens with zero attached hydrogens (tertiary/aromatic N) is 2. The number of aliphatic hydroxyl groups excluding tert-OH is 1. The van der Waals surface area contributed by atoms with Crippen LogP contribution in [0.1, 0.15) is 38.0 Å². The van der Waals surface area contributed by atoms with Crippen LogP contribution >= 0.6 is 0 Å². The van der Waals surface area contributed by atoms with Crippen LogP contribution in [0.2, 0.25) is 0 Å². The molecule has 0 bridgehead atoms. The van der Waals surface area contributed by atoms with Crippen molar-refractivity contribution < 1.29 is 14.6 Å². The third-order valence-corrected chi connectivity index (χ3v) is 5.30. The number of hydrogen-bond acceptors (Lipinski definition) is 5. The van der Waals surface area contributed by atoms with Crippen molar-refractivity contribution in [3.8, 4) is 5.75 Å². The topological polar surface area (TPSA) is 90.5 Å². The first kappa shape index (κ1) is 22.8.